The minimum absolute atomic E-state index is 0.151. The van der Waals surface area contributed by atoms with Gasteiger partial charge >= 0.3 is 0 Å². The zero-order chi connectivity index (χ0) is 21.3. The van der Waals surface area contributed by atoms with E-state index in [1.165, 1.54) is 10.4 Å². The summed E-state index contributed by atoms with van der Waals surface area (Å²) in [4.78, 5) is 14.1. The van der Waals surface area contributed by atoms with Gasteiger partial charge in [0.2, 0.25) is 15.9 Å². The average Bonchev–Trinajstić information content (AvgIpc) is 2.73. The first-order chi connectivity index (χ1) is 13.9. The smallest absolute Gasteiger partial charge is 0.246 e. The van der Waals surface area contributed by atoms with Gasteiger partial charge in [-0.2, -0.15) is 4.31 Å². The Hall–Kier alpha value is -2.64. The molecule has 0 radical (unpaired) electrons. The van der Waals surface area contributed by atoms with Crippen molar-refractivity contribution in [2.75, 3.05) is 33.3 Å². The molecule has 2 aromatic rings. The van der Waals surface area contributed by atoms with Crippen molar-refractivity contribution in [2.45, 2.75) is 18.7 Å². The molecule has 29 heavy (non-hydrogen) atoms. The number of nitrogens with zero attached hydrogens (tertiary/aromatic N) is 2. The zero-order valence-electron chi connectivity index (χ0n) is 17.1. The molecule has 6 nitrogen and oxygen atoms in total. The Bertz CT molecular complexity index is 906. The van der Waals surface area contributed by atoms with Crippen molar-refractivity contribution in [1.29, 1.82) is 0 Å². The molecule has 156 valence electrons. The van der Waals surface area contributed by atoms with Crippen LogP contribution >= 0.6 is 0 Å². The van der Waals surface area contributed by atoms with E-state index in [0.717, 1.165) is 11.3 Å². The number of benzene rings is 2. The van der Waals surface area contributed by atoms with E-state index in [0.29, 0.717) is 26.2 Å². The van der Waals surface area contributed by atoms with E-state index in [2.05, 4.69) is 0 Å². The molecular weight excluding hydrogens is 388 g/mol. The molecular formula is C22H28N2O4S. The number of carbonyl (C=O) groups excluding carboxylic acids is 1. The fourth-order valence-corrected chi connectivity index (χ4v) is 4.14. The molecule has 2 rings (SSSR count). The molecule has 2 aromatic carbocycles. The van der Waals surface area contributed by atoms with E-state index in [1.54, 1.807) is 42.3 Å². The number of hydrogen-bond acceptors (Lipinski definition) is 4. The van der Waals surface area contributed by atoms with Gasteiger partial charge in [0.05, 0.1) is 11.4 Å². The summed E-state index contributed by atoms with van der Waals surface area (Å²) in [6.45, 7) is 5.33. The SMILES string of the molecule is CCN(CC)S(=O)(=O)c1ccc(C=CC(=O)N(C)CCOc2ccccc2)cc1. The predicted molar refractivity (Wildman–Crippen MR) is 115 cm³/mol. The van der Waals surface area contributed by atoms with Crippen molar-refractivity contribution in [3.63, 3.8) is 0 Å². The maximum atomic E-state index is 12.5. The third kappa shape index (κ3) is 6.44. The van der Waals surface area contributed by atoms with E-state index >= 15 is 0 Å². The highest BCUT2D eigenvalue weighted by Gasteiger charge is 2.20. The Labute approximate surface area is 173 Å². The van der Waals surface area contributed by atoms with Gasteiger partial charge in [-0.1, -0.05) is 44.2 Å². The zero-order valence-corrected chi connectivity index (χ0v) is 17.9. The van der Waals surface area contributed by atoms with Crippen LogP contribution < -0.4 is 4.74 Å². The molecule has 7 heteroatoms. The Kier molecular flexibility index (Phi) is 8.42. The van der Waals surface area contributed by atoms with Crippen LogP contribution in [0.5, 0.6) is 5.75 Å². The van der Waals surface area contributed by atoms with E-state index in [1.807, 2.05) is 44.2 Å². The first-order valence-electron chi connectivity index (χ1n) is 9.59. The van der Waals surface area contributed by atoms with Gasteiger partial charge in [0.25, 0.3) is 0 Å². The summed E-state index contributed by atoms with van der Waals surface area (Å²) in [5.41, 5.74) is 0.755. The number of para-hydroxylation sites is 1. The number of likely N-dealkylation sites (N-methyl/N-ethyl adjacent to an activating group) is 1. The van der Waals surface area contributed by atoms with Crippen LogP contribution in [0.2, 0.25) is 0 Å². The third-order valence-corrected chi connectivity index (χ3v) is 6.52. The molecule has 0 heterocycles. The summed E-state index contributed by atoms with van der Waals surface area (Å²) in [5.74, 6) is 0.616. The second kappa shape index (κ2) is 10.8. The Morgan fingerprint density at radius 2 is 1.62 bits per heavy atom. The predicted octanol–water partition coefficient (Wildman–Crippen LogP) is 3.27. The van der Waals surface area contributed by atoms with E-state index < -0.39 is 10.0 Å². The standard InChI is InChI=1S/C22H28N2O4S/c1-4-24(5-2)29(26,27)21-14-11-19(12-15-21)13-16-22(25)23(3)17-18-28-20-9-7-6-8-10-20/h6-16H,4-5,17-18H2,1-3H3. The molecule has 0 aliphatic rings. The van der Waals surface area contributed by atoms with Crippen molar-refractivity contribution >= 4 is 22.0 Å². The van der Waals surface area contributed by atoms with Gasteiger partial charge in [-0.15, -0.1) is 0 Å². The van der Waals surface area contributed by atoms with Crippen molar-refractivity contribution in [1.82, 2.24) is 9.21 Å². The van der Waals surface area contributed by atoms with Gasteiger partial charge < -0.3 is 9.64 Å². The van der Waals surface area contributed by atoms with Crippen LogP contribution in [-0.2, 0) is 14.8 Å². The normalized spacial score (nSPS) is 11.7. The monoisotopic (exact) mass is 416 g/mol. The molecule has 1 amide bonds. The summed E-state index contributed by atoms with van der Waals surface area (Å²) < 4.78 is 32.0. The lowest BCUT2D eigenvalue weighted by Crippen LogP contribution is -2.30. The summed E-state index contributed by atoms with van der Waals surface area (Å²) >= 11 is 0. The molecule has 0 atom stereocenters. The molecule has 0 spiro atoms. The second-order valence-corrected chi connectivity index (χ2v) is 8.35. The van der Waals surface area contributed by atoms with Crippen molar-refractivity contribution < 1.29 is 17.9 Å². The molecule has 0 saturated carbocycles. The molecule has 0 saturated heterocycles. The fourth-order valence-electron chi connectivity index (χ4n) is 2.69. The van der Waals surface area contributed by atoms with E-state index in [4.69, 9.17) is 4.74 Å². The number of amides is 1. The number of ether oxygens (including phenoxy) is 1. The maximum absolute atomic E-state index is 12.5. The topological polar surface area (TPSA) is 66.9 Å². The third-order valence-electron chi connectivity index (χ3n) is 4.46. The first kappa shape index (κ1) is 22.6. The van der Waals surface area contributed by atoms with Crippen molar-refractivity contribution in [3.8, 4) is 5.75 Å². The number of carbonyl (C=O) groups is 1. The highest BCUT2D eigenvalue weighted by atomic mass is 32.2. The van der Waals surface area contributed by atoms with E-state index in [-0.39, 0.29) is 10.8 Å². The van der Waals surface area contributed by atoms with Crippen LogP contribution in [0.3, 0.4) is 0 Å². The molecule has 0 fully saturated rings. The molecule has 0 aromatic heterocycles. The minimum Gasteiger partial charge on any atom is -0.492 e. The van der Waals surface area contributed by atoms with Crippen LogP contribution in [0.4, 0.5) is 0 Å². The molecule has 0 aliphatic heterocycles. The average molecular weight is 417 g/mol. The summed E-state index contributed by atoms with van der Waals surface area (Å²) in [6.07, 6.45) is 3.14. The van der Waals surface area contributed by atoms with Gasteiger partial charge in [-0.3, -0.25) is 4.79 Å². The highest BCUT2D eigenvalue weighted by molar-refractivity contribution is 7.89. The maximum Gasteiger partial charge on any atom is 0.246 e. The second-order valence-electron chi connectivity index (χ2n) is 6.41. The Morgan fingerprint density at radius 1 is 1.00 bits per heavy atom. The minimum atomic E-state index is -3.48. The summed E-state index contributed by atoms with van der Waals surface area (Å²) in [6, 6.07) is 16.0. The fraction of sp³-hybridized carbons (Fsp3) is 0.318. The quantitative estimate of drug-likeness (QED) is 0.558. The van der Waals surface area contributed by atoms with Crippen LogP contribution in [0, 0.1) is 0 Å². The summed E-state index contributed by atoms with van der Waals surface area (Å²) in [5, 5.41) is 0. The van der Waals surface area contributed by atoms with Gasteiger partial charge in [0.1, 0.15) is 12.4 Å². The number of sulfonamides is 1. The van der Waals surface area contributed by atoms with Crippen LogP contribution in [0.15, 0.2) is 65.6 Å². The lowest BCUT2D eigenvalue weighted by Gasteiger charge is -2.18. The largest absolute Gasteiger partial charge is 0.492 e. The molecule has 0 unspecified atom stereocenters. The first-order valence-corrected chi connectivity index (χ1v) is 11.0. The Balaban J connectivity index is 1.90. The van der Waals surface area contributed by atoms with Crippen molar-refractivity contribution in [2.24, 2.45) is 0 Å². The number of hydrogen-bond donors (Lipinski definition) is 0. The van der Waals surface area contributed by atoms with Gasteiger partial charge in [-0.25, -0.2) is 8.42 Å². The van der Waals surface area contributed by atoms with Crippen LogP contribution in [0.1, 0.15) is 19.4 Å². The molecule has 0 aliphatic carbocycles. The van der Waals surface area contributed by atoms with Gasteiger partial charge in [0.15, 0.2) is 0 Å². The van der Waals surface area contributed by atoms with Crippen LogP contribution in [-0.4, -0.2) is 56.8 Å². The van der Waals surface area contributed by atoms with Crippen molar-refractivity contribution in [3.05, 3.63) is 66.2 Å². The highest BCUT2D eigenvalue weighted by Crippen LogP contribution is 2.17. The molecule has 0 bridgehead atoms. The molecule has 0 N–H and O–H groups in total. The van der Waals surface area contributed by atoms with Gasteiger partial charge in [0, 0.05) is 26.2 Å². The van der Waals surface area contributed by atoms with Crippen LogP contribution in [0.25, 0.3) is 6.08 Å². The number of rotatable bonds is 10. The van der Waals surface area contributed by atoms with Gasteiger partial charge in [-0.05, 0) is 35.9 Å². The lowest BCUT2D eigenvalue weighted by molar-refractivity contribution is -0.125. The lowest BCUT2D eigenvalue weighted by atomic mass is 10.2. The Morgan fingerprint density at radius 3 is 2.21 bits per heavy atom. The summed E-state index contributed by atoms with van der Waals surface area (Å²) in [7, 11) is -1.77. The van der Waals surface area contributed by atoms with E-state index in [9.17, 15) is 13.2 Å².